The van der Waals surface area contributed by atoms with E-state index in [1.807, 2.05) is 0 Å². The maximum absolute atomic E-state index is 9.68. The minimum absolute atomic E-state index is 0.552. The third-order valence-corrected chi connectivity index (χ3v) is 15.1. The molecule has 1 heteroatoms. The second-order valence-corrected chi connectivity index (χ2v) is 19.7. The molecule has 83 heavy (non-hydrogen) atoms. The molecule has 0 unspecified atom stereocenters. The normalized spacial score (nSPS) is 16.0. The first-order chi connectivity index (χ1) is 52.0. The van der Waals surface area contributed by atoms with Crippen molar-refractivity contribution in [2.75, 3.05) is 0 Å². The van der Waals surface area contributed by atoms with Crippen LogP contribution in [0.3, 0.4) is 0 Å². The first-order valence-corrected chi connectivity index (χ1v) is 26.5. The van der Waals surface area contributed by atoms with Gasteiger partial charge in [0.05, 0.1) is 35.6 Å². The average Bonchev–Trinajstić information content (AvgIpc) is 1.18. The predicted octanol–water partition coefficient (Wildman–Crippen LogP) is 23.3. The van der Waals surface area contributed by atoms with Crippen LogP contribution in [0.2, 0.25) is 0 Å². The first kappa shape index (κ1) is 28.5. The van der Waals surface area contributed by atoms with Crippen LogP contribution in [0.1, 0.15) is 35.6 Å². The van der Waals surface area contributed by atoms with Crippen LogP contribution in [-0.4, -0.2) is 0 Å². The highest BCUT2D eigenvalue weighted by Crippen LogP contribution is 2.49. The molecule has 0 bridgehead atoms. The summed E-state index contributed by atoms with van der Waals surface area (Å²) < 4.78 is 237. The van der Waals surface area contributed by atoms with Crippen LogP contribution < -0.4 is 0 Å². The highest BCUT2D eigenvalue weighted by Gasteiger charge is 2.22. The summed E-state index contributed by atoms with van der Waals surface area (Å²) in [5.74, 6) is 0. The van der Waals surface area contributed by atoms with Crippen LogP contribution in [0.4, 0.5) is 0 Å². The summed E-state index contributed by atoms with van der Waals surface area (Å²) in [6.07, 6.45) is 0. The zero-order chi connectivity index (χ0) is 77.4. The van der Waals surface area contributed by atoms with Crippen LogP contribution in [-0.2, 0) is 0 Å². The van der Waals surface area contributed by atoms with Crippen molar-refractivity contribution in [3.05, 3.63) is 315 Å². The van der Waals surface area contributed by atoms with Crippen LogP contribution in [0.25, 0.3) is 164 Å². The van der Waals surface area contributed by atoms with Crippen LogP contribution >= 0.6 is 0 Å². The van der Waals surface area contributed by atoms with Gasteiger partial charge in [-0.25, -0.2) is 0 Å². The van der Waals surface area contributed by atoms with E-state index in [1.54, 1.807) is 0 Å². The second kappa shape index (κ2) is 20.0. The summed E-state index contributed by atoms with van der Waals surface area (Å²) in [5.41, 5.74) is 4.50. The van der Waals surface area contributed by atoms with Crippen molar-refractivity contribution in [2.24, 2.45) is 0 Å². The van der Waals surface area contributed by atoms with E-state index in [1.165, 1.54) is 60.3 Å². The molecule has 0 fully saturated rings. The summed E-state index contributed by atoms with van der Waals surface area (Å²) in [5, 5.41) is 4.33. The Hall–Kier alpha value is -10.9. The zero-order valence-electron chi connectivity index (χ0n) is 69.4. The molecule has 386 valence electrons. The molecule has 0 saturated heterocycles. The lowest BCUT2D eigenvalue weighted by molar-refractivity contribution is 0.673. The summed E-state index contributed by atoms with van der Waals surface area (Å²) in [6.45, 7) is 0. The van der Waals surface area contributed by atoms with Gasteiger partial charge in [0, 0.05) is 16.2 Å². The summed E-state index contributed by atoms with van der Waals surface area (Å²) >= 11 is 0. The third kappa shape index (κ3) is 8.24. The van der Waals surface area contributed by atoms with Crippen molar-refractivity contribution in [2.45, 2.75) is 0 Å². The van der Waals surface area contributed by atoms with Crippen molar-refractivity contribution in [3.8, 4) is 66.8 Å². The maximum atomic E-state index is 9.68. The Morgan fingerprint density at radius 3 is 1.36 bits per heavy atom. The summed E-state index contributed by atoms with van der Waals surface area (Å²) in [7, 11) is 0. The van der Waals surface area contributed by atoms with E-state index >= 15 is 0 Å². The van der Waals surface area contributed by atoms with Crippen molar-refractivity contribution in [1.82, 2.24) is 0 Å². The second-order valence-electron chi connectivity index (χ2n) is 19.7. The molecule has 0 atom stereocenters. The number of rotatable bonds is 6. The molecule has 0 spiro atoms. The number of hydrogen-bond acceptors (Lipinski definition) is 1. The first-order valence-electron chi connectivity index (χ1n) is 39.5. The minimum Gasteiger partial charge on any atom is -0.455 e. The van der Waals surface area contributed by atoms with E-state index in [0.717, 1.165) is 27.3 Å². The Kier molecular flexibility index (Phi) is 6.89. The molecule has 0 saturated carbocycles. The Labute approximate surface area is 517 Å². The minimum atomic E-state index is -1.06. The molecule has 1 heterocycles. The molecule has 17 aromatic rings. The van der Waals surface area contributed by atoms with E-state index in [9.17, 15) is 11.0 Å². The number of hydrogen-bond donors (Lipinski definition) is 0. The Balaban J connectivity index is 0.000000180. The lowest BCUT2D eigenvalue weighted by Crippen LogP contribution is -1.91. The van der Waals surface area contributed by atoms with Crippen LogP contribution in [0, 0.1) is 0 Å². The molecule has 16 aromatic carbocycles. The number of fused-ring (bicyclic) bond motifs is 11. The zero-order valence-corrected chi connectivity index (χ0v) is 43.4. The third-order valence-electron chi connectivity index (χ3n) is 15.1. The van der Waals surface area contributed by atoms with Gasteiger partial charge in [-0.1, -0.05) is 279 Å². The molecular formula is C82H52O. The molecule has 0 aliphatic heterocycles. The Bertz CT molecular complexity index is 6850. The Morgan fingerprint density at radius 1 is 0.241 bits per heavy atom. The molecule has 17 rings (SSSR count). The predicted molar refractivity (Wildman–Crippen MR) is 355 cm³/mol. The molecule has 1 nitrogen and oxygen atoms in total. The van der Waals surface area contributed by atoms with Gasteiger partial charge in [-0.2, -0.15) is 0 Å². The van der Waals surface area contributed by atoms with Crippen LogP contribution in [0.5, 0.6) is 0 Å². The monoisotopic (exact) mass is 1080 g/mol. The van der Waals surface area contributed by atoms with Gasteiger partial charge in [0.2, 0.25) is 0 Å². The Morgan fingerprint density at radius 2 is 0.711 bits per heavy atom. The fraction of sp³-hybridized carbons (Fsp3) is 0. The molecular weight excluding hydrogens is 1000 g/mol. The largest absolute Gasteiger partial charge is 0.455 e. The highest BCUT2D eigenvalue weighted by molar-refractivity contribution is 6.27. The van der Waals surface area contributed by atoms with Gasteiger partial charge in [0.25, 0.3) is 0 Å². The molecule has 0 N–H and O–H groups in total. The lowest BCUT2D eigenvalue weighted by Gasteiger charge is -2.18. The quantitative estimate of drug-likeness (QED) is 0.151. The van der Waals surface area contributed by atoms with E-state index in [2.05, 4.69) is 158 Å². The molecule has 0 aliphatic carbocycles. The van der Waals surface area contributed by atoms with Crippen molar-refractivity contribution in [3.63, 3.8) is 0 Å². The van der Waals surface area contributed by atoms with E-state index in [4.69, 9.17) is 29.1 Å². The highest BCUT2D eigenvalue weighted by atomic mass is 16.3. The molecule has 1 aromatic heterocycles. The standard InChI is InChI=1S/C42H26O.C40H26/c1-2-12-27(13-3-1)29-15-10-16-30(26-29)39-32-18-6-8-20-34(32)40(35-21-9-7-19-33(35)39)36-22-11-23-38-41(36)37-25-24-28-14-4-5-17-31(28)42(37)43-38;1-3-12-29-24-32(22-20-27(29)10-1)31-14-9-15-33(26-31)39-35-16-5-7-18-37(35)40(38-19-8-6-17-36(38)39)34-23-21-28-11-2-4-13-30(28)25-34/h1-26H;1-26H/i;1D,2D,3D,4D,5D,6D,7D,8D,9D,10D,11D,12D,13D,14D,15D,16D,17D,18D,19D,20D,21D,22D,23D,24D,25D,26D. The number of furan rings is 1. The van der Waals surface area contributed by atoms with E-state index in [-0.39, 0.29) is 0 Å². The van der Waals surface area contributed by atoms with E-state index < -0.39 is 234 Å². The van der Waals surface area contributed by atoms with Crippen molar-refractivity contribution in [1.29, 1.82) is 0 Å². The molecule has 0 aliphatic rings. The molecule has 0 radical (unpaired) electrons. The molecule has 0 amide bonds. The van der Waals surface area contributed by atoms with Gasteiger partial charge >= 0.3 is 0 Å². The SMILES string of the molecule is [2H]c1c([2H])c(-c2c([2H])c([2H])c3c([2H])c([2H])c([2H])c([2H])c3c2[2H])c([2H])c(-c2c3c([2H])c([2H])c([2H])c([2H])c3c(-c3c([2H])c([2H])c4c([2H])c([2H])c([2H])c([2H])c4c3[2H])c3c([2H])c([2H])c([2H])c([2H])c23)c1[2H].c1ccc(-c2cccc(-c3c4ccccc4c(-c4cccc5oc6c7ccccc7ccc6c45)c4ccccc34)c2)cc1. The van der Waals surface area contributed by atoms with Crippen LogP contribution in [0.15, 0.2) is 319 Å². The number of benzene rings is 16. The van der Waals surface area contributed by atoms with Crippen molar-refractivity contribution < 1.29 is 40.1 Å². The smallest absolute Gasteiger partial charge is 0.143 e. The van der Waals surface area contributed by atoms with Gasteiger partial charge in [-0.15, -0.1) is 0 Å². The van der Waals surface area contributed by atoms with Crippen molar-refractivity contribution >= 4 is 97.3 Å². The fourth-order valence-electron chi connectivity index (χ4n) is 11.5. The maximum Gasteiger partial charge on any atom is 0.143 e. The van der Waals surface area contributed by atoms with Gasteiger partial charge < -0.3 is 4.42 Å². The van der Waals surface area contributed by atoms with Gasteiger partial charge in [0.1, 0.15) is 11.2 Å². The average molecular weight is 1080 g/mol. The fourth-order valence-corrected chi connectivity index (χ4v) is 11.5. The van der Waals surface area contributed by atoms with Gasteiger partial charge in [-0.05, 0) is 173 Å². The summed E-state index contributed by atoms with van der Waals surface area (Å²) in [4.78, 5) is 0. The summed E-state index contributed by atoms with van der Waals surface area (Å²) in [6, 6.07) is 32.6. The topological polar surface area (TPSA) is 13.1 Å². The van der Waals surface area contributed by atoms with E-state index in [0.29, 0.717) is 0 Å². The lowest BCUT2D eigenvalue weighted by atomic mass is 9.84. The van der Waals surface area contributed by atoms with Gasteiger partial charge in [-0.3, -0.25) is 0 Å². The van der Waals surface area contributed by atoms with Gasteiger partial charge in [0.15, 0.2) is 0 Å².